The maximum atomic E-state index is 6.41. The number of nitrogens with zero attached hydrogens (tertiary/aromatic N) is 4. The molecule has 0 saturated heterocycles. The molecule has 0 fully saturated rings. The number of hydrogen-bond donors (Lipinski definition) is 0. The minimum Gasteiger partial charge on any atom is -0.438 e. The third-order valence-electron chi connectivity index (χ3n) is 7.83. The first-order chi connectivity index (χ1) is 20.6. The number of aryl methyl sites for hydroxylation is 2. The molecule has 200 valence electrons. The highest BCUT2D eigenvalue weighted by molar-refractivity contribution is 6.07. The van der Waals surface area contributed by atoms with E-state index < -0.39 is 0 Å². The molecule has 0 saturated carbocycles. The van der Waals surface area contributed by atoms with Gasteiger partial charge in [0.25, 0.3) is 0 Å². The predicted molar refractivity (Wildman–Crippen MR) is 169 cm³/mol. The summed E-state index contributed by atoms with van der Waals surface area (Å²) < 4.78 is 8.62. The van der Waals surface area contributed by atoms with Gasteiger partial charge in [-0.1, -0.05) is 114 Å². The largest absolute Gasteiger partial charge is 0.438 e. The van der Waals surface area contributed by atoms with Crippen molar-refractivity contribution in [2.24, 2.45) is 0 Å². The molecule has 8 aromatic rings. The normalized spacial score (nSPS) is 11.6. The maximum Gasteiger partial charge on any atom is 0.213 e. The van der Waals surface area contributed by atoms with Gasteiger partial charge in [0, 0.05) is 22.1 Å². The van der Waals surface area contributed by atoms with Gasteiger partial charge in [-0.25, -0.2) is 15.0 Å². The average Bonchev–Trinajstić information content (AvgIpc) is 3.56. The molecule has 5 aromatic carbocycles. The van der Waals surface area contributed by atoms with Crippen molar-refractivity contribution >= 4 is 27.7 Å². The van der Waals surface area contributed by atoms with E-state index in [9.17, 15) is 0 Å². The van der Waals surface area contributed by atoms with Gasteiger partial charge in [0.05, 0.1) is 16.6 Å². The molecule has 0 N–H and O–H groups in total. The Labute approximate surface area is 242 Å². The van der Waals surface area contributed by atoms with Crippen LogP contribution in [0.3, 0.4) is 0 Å². The molecule has 42 heavy (non-hydrogen) atoms. The predicted octanol–water partition coefficient (Wildman–Crippen LogP) is 9.31. The zero-order valence-electron chi connectivity index (χ0n) is 23.2. The van der Waals surface area contributed by atoms with Crippen molar-refractivity contribution in [3.8, 4) is 45.3 Å². The van der Waals surface area contributed by atoms with Crippen LogP contribution in [0.15, 0.2) is 126 Å². The van der Waals surface area contributed by atoms with E-state index in [0.717, 1.165) is 55.5 Å². The topological polar surface area (TPSA) is 56.2 Å². The molecular weight excluding hydrogens is 516 g/mol. The molecule has 8 rings (SSSR count). The van der Waals surface area contributed by atoms with Gasteiger partial charge in [-0.05, 0) is 37.6 Å². The SMILES string of the molecule is Cc1ccc(-c2nc(-c3ccc(C)cc3)nc(-c3ccc(-c4c5ccccc5n5c4oc4ccccc45)cc3)n2)cc1. The highest BCUT2D eigenvalue weighted by atomic mass is 16.3. The fraction of sp³-hybridized carbons (Fsp3) is 0.0541. The number of rotatable bonds is 4. The molecule has 0 spiro atoms. The van der Waals surface area contributed by atoms with Crippen LogP contribution in [0.1, 0.15) is 11.1 Å². The summed E-state index contributed by atoms with van der Waals surface area (Å²) in [6, 6.07) is 41.6. The lowest BCUT2D eigenvalue weighted by atomic mass is 10.0. The van der Waals surface area contributed by atoms with Crippen LogP contribution in [0.5, 0.6) is 0 Å². The van der Waals surface area contributed by atoms with E-state index in [2.05, 4.69) is 121 Å². The monoisotopic (exact) mass is 542 g/mol. The van der Waals surface area contributed by atoms with Gasteiger partial charge in [-0.15, -0.1) is 0 Å². The number of fused-ring (bicyclic) bond motifs is 5. The first-order valence-electron chi connectivity index (χ1n) is 14.0. The second-order valence-corrected chi connectivity index (χ2v) is 10.7. The number of oxazole rings is 1. The number of para-hydroxylation sites is 3. The molecule has 0 radical (unpaired) electrons. The summed E-state index contributed by atoms with van der Waals surface area (Å²) in [5.74, 6) is 1.95. The van der Waals surface area contributed by atoms with E-state index in [-0.39, 0.29) is 0 Å². The quantitative estimate of drug-likeness (QED) is 0.222. The smallest absolute Gasteiger partial charge is 0.213 e. The van der Waals surface area contributed by atoms with Gasteiger partial charge in [-0.3, -0.25) is 4.40 Å². The molecule has 5 heteroatoms. The Bertz CT molecular complexity index is 2180. The Kier molecular flexibility index (Phi) is 5.50. The molecule has 0 aliphatic rings. The second kappa shape index (κ2) is 9.53. The van der Waals surface area contributed by atoms with Gasteiger partial charge in [0.1, 0.15) is 0 Å². The number of aromatic nitrogens is 4. The van der Waals surface area contributed by atoms with E-state index >= 15 is 0 Å². The van der Waals surface area contributed by atoms with Crippen LogP contribution < -0.4 is 0 Å². The highest BCUT2D eigenvalue weighted by Gasteiger charge is 2.20. The lowest BCUT2D eigenvalue weighted by Gasteiger charge is -2.09. The van der Waals surface area contributed by atoms with Crippen molar-refractivity contribution in [2.75, 3.05) is 0 Å². The van der Waals surface area contributed by atoms with Gasteiger partial charge >= 0.3 is 0 Å². The van der Waals surface area contributed by atoms with Crippen LogP contribution in [-0.2, 0) is 0 Å². The lowest BCUT2D eigenvalue weighted by Crippen LogP contribution is -2.00. The number of benzene rings is 5. The van der Waals surface area contributed by atoms with Crippen molar-refractivity contribution in [1.29, 1.82) is 0 Å². The Hall–Kier alpha value is -5.55. The van der Waals surface area contributed by atoms with E-state index in [4.69, 9.17) is 19.4 Å². The molecule has 3 heterocycles. The van der Waals surface area contributed by atoms with Crippen molar-refractivity contribution in [2.45, 2.75) is 13.8 Å². The van der Waals surface area contributed by atoms with Crippen LogP contribution >= 0.6 is 0 Å². The molecule has 0 aliphatic heterocycles. The van der Waals surface area contributed by atoms with Gasteiger partial charge < -0.3 is 4.42 Å². The average molecular weight is 543 g/mol. The Balaban J connectivity index is 1.27. The third-order valence-corrected chi connectivity index (χ3v) is 7.83. The molecule has 3 aromatic heterocycles. The standard InChI is InChI=1S/C37H26N4O/c1-23-11-15-26(16-12-23)34-38-35(27-17-13-24(2)14-18-27)40-36(39-34)28-21-19-25(20-22-28)33-29-7-3-4-8-30(29)41-31-9-5-6-10-32(31)42-37(33)41/h3-22H,1-2H3. The first kappa shape index (κ1) is 24.3. The summed E-state index contributed by atoms with van der Waals surface area (Å²) in [6.45, 7) is 4.16. The summed E-state index contributed by atoms with van der Waals surface area (Å²) in [4.78, 5) is 14.7. The third kappa shape index (κ3) is 3.98. The van der Waals surface area contributed by atoms with E-state index in [0.29, 0.717) is 17.5 Å². The highest BCUT2D eigenvalue weighted by Crippen LogP contribution is 2.39. The van der Waals surface area contributed by atoms with Crippen molar-refractivity contribution in [3.63, 3.8) is 0 Å². The summed E-state index contributed by atoms with van der Waals surface area (Å²) >= 11 is 0. The molecule has 0 atom stereocenters. The Morgan fingerprint density at radius 1 is 0.476 bits per heavy atom. The van der Waals surface area contributed by atoms with Gasteiger partial charge in [0.2, 0.25) is 5.71 Å². The fourth-order valence-electron chi connectivity index (χ4n) is 5.62. The summed E-state index contributed by atoms with van der Waals surface area (Å²) in [6.07, 6.45) is 0. The number of hydrogen-bond acceptors (Lipinski definition) is 4. The van der Waals surface area contributed by atoms with E-state index in [1.807, 2.05) is 18.2 Å². The summed E-state index contributed by atoms with van der Waals surface area (Å²) in [5.41, 5.74) is 11.3. The van der Waals surface area contributed by atoms with Crippen LogP contribution in [0.25, 0.3) is 73.0 Å². The molecule has 5 nitrogen and oxygen atoms in total. The van der Waals surface area contributed by atoms with E-state index in [1.54, 1.807) is 0 Å². The second-order valence-electron chi connectivity index (χ2n) is 10.7. The summed E-state index contributed by atoms with van der Waals surface area (Å²) in [7, 11) is 0. The van der Waals surface area contributed by atoms with Gasteiger partial charge in [-0.2, -0.15) is 0 Å². The van der Waals surface area contributed by atoms with Crippen LogP contribution in [0.4, 0.5) is 0 Å². The van der Waals surface area contributed by atoms with Crippen LogP contribution in [-0.4, -0.2) is 19.4 Å². The van der Waals surface area contributed by atoms with E-state index in [1.165, 1.54) is 11.1 Å². The van der Waals surface area contributed by atoms with Crippen molar-refractivity contribution in [1.82, 2.24) is 19.4 Å². The summed E-state index contributed by atoms with van der Waals surface area (Å²) in [5, 5.41) is 1.15. The molecule has 0 bridgehead atoms. The maximum absolute atomic E-state index is 6.41. The molecule has 0 unspecified atom stereocenters. The van der Waals surface area contributed by atoms with Crippen molar-refractivity contribution < 1.29 is 4.42 Å². The van der Waals surface area contributed by atoms with Crippen LogP contribution in [0.2, 0.25) is 0 Å². The first-order valence-corrected chi connectivity index (χ1v) is 14.0. The molecular formula is C37H26N4O. The minimum absolute atomic E-state index is 0.637. The zero-order chi connectivity index (χ0) is 28.2. The Morgan fingerprint density at radius 2 is 0.929 bits per heavy atom. The molecule has 0 amide bonds. The van der Waals surface area contributed by atoms with Crippen molar-refractivity contribution in [3.05, 3.63) is 132 Å². The minimum atomic E-state index is 0.637. The lowest BCUT2D eigenvalue weighted by molar-refractivity contribution is 0.658. The zero-order valence-corrected chi connectivity index (χ0v) is 23.2. The van der Waals surface area contributed by atoms with Gasteiger partial charge in [0.15, 0.2) is 23.1 Å². The Morgan fingerprint density at radius 3 is 1.50 bits per heavy atom. The van der Waals surface area contributed by atoms with Crippen LogP contribution in [0, 0.1) is 13.8 Å². The molecule has 0 aliphatic carbocycles. The fourth-order valence-corrected chi connectivity index (χ4v) is 5.62.